The number of aliphatic hydroxyl groups excluding tert-OH is 1. The van der Waals surface area contributed by atoms with Crippen molar-refractivity contribution in [1.82, 2.24) is 4.90 Å². The van der Waals surface area contributed by atoms with Gasteiger partial charge in [-0.25, -0.2) is 0 Å². The van der Waals surface area contributed by atoms with Crippen molar-refractivity contribution in [2.45, 2.75) is 83.0 Å². The number of benzene rings is 1. The largest absolute Gasteiger partial charge is 0.393 e. The van der Waals surface area contributed by atoms with Crippen LogP contribution in [0.15, 0.2) is 47.2 Å². The number of aliphatic hydroxyl groups is 2. The summed E-state index contributed by atoms with van der Waals surface area (Å²) in [6.45, 7) is 4.67. The molecule has 7 N–H and O–H groups in total. The van der Waals surface area contributed by atoms with Crippen LogP contribution in [0, 0.1) is 34.0 Å². The van der Waals surface area contributed by atoms with Gasteiger partial charge < -0.3 is 26.3 Å². The molecule has 9 nitrogen and oxygen atoms in total. The Labute approximate surface area is 257 Å². The van der Waals surface area contributed by atoms with Crippen LogP contribution in [0.2, 0.25) is 0 Å². The van der Waals surface area contributed by atoms with Crippen molar-refractivity contribution in [2.75, 3.05) is 6.54 Å². The molecule has 3 saturated carbocycles. The fraction of sp³-hybridized carbons (Fsp3) is 0.576. The van der Waals surface area contributed by atoms with Gasteiger partial charge in [0.1, 0.15) is 23.0 Å². The molecule has 6 rings (SSSR count). The van der Waals surface area contributed by atoms with Crippen LogP contribution in [0.5, 0.6) is 0 Å². The molecule has 1 saturated heterocycles. The van der Waals surface area contributed by atoms with Gasteiger partial charge in [0, 0.05) is 35.4 Å². The highest BCUT2D eigenvalue weighted by atomic mass is 32.1. The Morgan fingerprint density at radius 2 is 1.98 bits per heavy atom. The molecule has 0 bridgehead atoms. The van der Waals surface area contributed by atoms with Gasteiger partial charge >= 0.3 is 0 Å². The van der Waals surface area contributed by atoms with Gasteiger partial charge in [-0.1, -0.05) is 25.5 Å². The van der Waals surface area contributed by atoms with Crippen molar-refractivity contribution in [2.24, 2.45) is 34.3 Å². The van der Waals surface area contributed by atoms with Crippen LogP contribution in [0.3, 0.4) is 0 Å². The zero-order chi connectivity index (χ0) is 30.9. The first-order valence-electron chi connectivity index (χ1n) is 15.5. The van der Waals surface area contributed by atoms with Crippen molar-refractivity contribution < 1.29 is 29.9 Å². The molecule has 1 aromatic rings. The van der Waals surface area contributed by atoms with Crippen LogP contribution < -0.4 is 11.1 Å². The Kier molecular flexibility index (Phi) is 7.51. The topological polar surface area (TPSA) is 161 Å². The van der Waals surface area contributed by atoms with Crippen LogP contribution >= 0.6 is 12.6 Å². The molecular formula is C33H43N4O5S+. The summed E-state index contributed by atoms with van der Waals surface area (Å²) >= 11 is 4.06. The van der Waals surface area contributed by atoms with E-state index in [2.05, 4.69) is 25.6 Å². The SMILES string of the molecule is C[C@]12CC(C=N)=C([NH2+]c3cccc(C(=O)N4CCC[C@@H]4C(N)=O)c3)C=C1CC[C@@H]1C2[C@@H](O)C[C@@]2(C)C1CC[C@]2(O)C(=O)S. The number of allylic oxidation sites excluding steroid dienone is 3. The average Bonchev–Trinajstić information content (AvgIpc) is 3.56. The molecule has 43 heavy (non-hydrogen) atoms. The molecule has 5 aliphatic rings. The maximum absolute atomic E-state index is 13.3. The van der Waals surface area contributed by atoms with E-state index in [1.807, 2.05) is 30.4 Å². The molecule has 0 aromatic heterocycles. The molecule has 2 unspecified atom stereocenters. The molecule has 10 heteroatoms. The Hall–Kier alpha value is -2.79. The lowest BCUT2D eigenvalue weighted by atomic mass is 9.45. The summed E-state index contributed by atoms with van der Waals surface area (Å²) in [4.78, 5) is 39.2. The van der Waals surface area contributed by atoms with E-state index in [0.29, 0.717) is 37.8 Å². The van der Waals surface area contributed by atoms with Gasteiger partial charge in [0.25, 0.3) is 5.91 Å². The van der Waals surface area contributed by atoms with Crippen LogP contribution in [0.4, 0.5) is 5.69 Å². The van der Waals surface area contributed by atoms with Gasteiger partial charge in [-0.05, 0) is 92.7 Å². The van der Waals surface area contributed by atoms with Crippen molar-refractivity contribution in [3.8, 4) is 0 Å². The van der Waals surface area contributed by atoms with Gasteiger partial charge in [-0.3, -0.25) is 19.7 Å². The van der Waals surface area contributed by atoms with Crippen molar-refractivity contribution >= 4 is 41.5 Å². The molecule has 8 atom stereocenters. The third-order valence-electron chi connectivity index (χ3n) is 11.9. The second kappa shape index (κ2) is 10.7. The van der Waals surface area contributed by atoms with Crippen molar-refractivity contribution in [1.29, 1.82) is 5.41 Å². The van der Waals surface area contributed by atoms with E-state index >= 15 is 0 Å². The summed E-state index contributed by atoms with van der Waals surface area (Å²) in [5.74, 6) is -0.452. The molecule has 0 radical (unpaired) electrons. The van der Waals surface area contributed by atoms with Crippen LogP contribution in [0.1, 0.15) is 75.6 Å². The predicted molar refractivity (Wildman–Crippen MR) is 165 cm³/mol. The number of rotatable bonds is 6. The molecule has 1 heterocycles. The molecular weight excluding hydrogens is 564 g/mol. The van der Waals surface area contributed by atoms with E-state index in [1.54, 1.807) is 11.0 Å². The Balaban J connectivity index is 1.26. The maximum Gasteiger partial charge on any atom is 0.254 e. The van der Waals surface area contributed by atoms with Gasteiger partial charge in [0.15, 0.2) is 0 Å². The fourth-order valence-corrected chi connectivity index (χ4v) is 10.1. The van der Waals surface area contributed by atoms with E-state index in [-0.39, 0.29) is 29.1 Å². The molecule has 2 amide bonds. The Bertz CT molecular complexity index is 1460. The molecule has 1 aliphatic heterocycles. The van der Waals surface area contributed by atoms with Crippen LogP contribution in [0.25, 0.3) is 0 Å². The summed E-state index contributed by atoms with van der Waals surface area (Å²) in [5, 5.41) is 32.9. The van der Waals surface area contributed by atoms with E-state index < -0.39 is 34.2 Å². The smallest absolute Gasteiger partial charge is 0.254 e. The molecule has 230 valence electrons. The van der Waals surface area contributed by atoms with Crippen molar-refractivity contribution in [3.05, 3.63) is 52.7 Å². The molecule has 4 aliphatic carbocycles. The number of quaternary nitrogens is 1. The molecule has 1 aromatic carbocycles. The summed E-state index contributed by atoms with van der Waals surface area (Å²) in [7, 11) is 0. The highest BCUT2D eigenvalue weighted by Gasteiger charge is 2.68. The minimum Gasteiger partial charge on any atom is -0.393 e. The Morgan fingerprint density at radius 3 is 2.67 bits per heavy atom. The molecule has 4 fully saturated rings. The van der Waals surface area contributed by atoms with E-state index in [1.165, 1.54) is 11.8 Å². The Morgan fingerprint density at radius 1 is 1.21 bits per heavy atom. The first-order valence-corrected chi connectivity index (χ1v) is 15.9. The number of amides is 2. The number of primary amides is 1. The normalized spacial score (nSPS) is 38.6. The van der Waals surface area contributed by atoms with E-state index in [4.69, 9.17) is 11.1 Å². The number of thiol groups is 1. The third-order valence-corrected chi connectivity index (χ3v) is 12.3. The number of likely N-dealkylation sites (tertiary alicyclic amines) is 1. The fourth-order valence-electron chi connectivity index (χ4n) is 9.76. The number of carbonyl (C=O) groups is 3. The van der Waals surface area contributed by atoms with Gasteiger partial charge in [0.05, 0.1) is 6.10 Å². The lowest BCUT2D eigenvalue weighted by Crippen LogP contribution is -2.76. The number of nitrogens with zero attached hydrogens (tertiary/aromatic N) is 1. The minimum absolute atomic E-state index is 0.0425. The summed E-state index contributed by atoms with van der Waals surface area (Å²) in [6.07, 6.45) is 7.99. The maximum atomic E-state index is 13.3. The standard InChI is InChI=1S/C33H42N4O5S/c1-31-15-19(17-34)24(36-21-6-3-5-18(13-21)29(40)37-12-4-7-25(37)28(35)39)14-20(31)8-9-22-23-10-11-33(42,30(41)43)32(23,2)16-26(38)27(22)31/h3,5-6,13-14,17,22-23,25-27,34,36,38,42H,4,7-12,15-16H2,1-2H3,(H2,35,39)(H,41,43)/p+1/t22-,23?,25+,26-,27?,31-,32-,33-/m0/s1. The number of hydrogen-bond donors (Lipinski definition) is 6. The summed E-state index contributed by atoms with van der Waals surface area (Å²) in [6, 6.07) is 6.76. The zero-order valence-electron chi connectivity index (χ0n) is 24.9. The number of hydrogen-bond acceptors (Lipinski definition) is 6. The highest BCUT2D eigenvalue weighted by Crippen LogP contribution is 2.68. The zero-order valence-corrected chi connectivity index (χ0v) is 25.8. The summed E-state index contributed by atoms with van der Waals surface area (Å²) in [5.41, 5.74) is 7.32. The number of nitrogens with one attached hydrogen (secondary N) is 1. The second-order valence-corrected chi connectivity index (χ2v) is 14.4. The minimum atomic E-state index is -1.52. The highest BCUT2D eigenvalue weighted by molar-refractivity contribution is 7.96. The van der Waals surface area contributed by atoms with Crippen LogP contribution in [-0.2, 0) is 9.59 Å². The predicted octanol–water partition coefficient (Wildman–Crippen LogP) is 2.61. The molecule has 0 spiro atoms. The lowest BCUT2D eigenvalue weighted by Gasteiger charge is -2.60. The van der Waals surface area contributed by atoms with E-state index in [9.17, 15) is 24.6 Å². The van der Waals surface area contributed by atoms with Gasteiger partial charge in [-0.15, -0.1) is 12.6 Å². The third kappa shape index (κ3) is 4.55. The first kappa shape index (κ1) is 30.2. The monoisotopic (exact) mass is 607 g/mol. The van der Waals surface area contributed by atoms with E-state index in [0.717, 1.165) is 42.6 Å². The second-order valence-electron chi connectivity index (χ2n) is 13.9. The van der Waals surface area contributed by atoms with Crippen LogP contribution in [-0.4, -0.2) is 62.5 Å². The average molecular weight is 608 g/mol. The number of nitrogens with two attached hydrogens (primary N) is 2. The summed E-state index contributed by atoms with van der Waals surface area (Å²) < 4.78 is 0. The van der Waals surface area contributed by atoms with Gasteiger partial charge in [-0.2, -0.15) is 0 Å². The van der Waals surface area contributed by atoms with Gasteiger partial charge in [0.2, 0.25) is 11.0 Å². The lowest BCUT2D eigenvalue weighted by molar-refractivity contribution is -0.513. The number of carbonyl (C=O) groups excluding carboxylic acids is 3. The first-order chi connectivity index (χ1) is 20.3. The number of fused-ring (bicyclic) bond motifs is 5. The quantitative estimate of drug-likeness (QED) is 0.166. The van der Waals surface area contributed by atoms with Crippen molar-refractivity contribution in [3.63, 3.8) is 0 Å².